The number of halogens is 4. The summed E-state index contributed by atoms with van der Waals surface area (Å²) < 4.78 is 62.5. The monoisotopic (exact) mass is 578 g/mol. The molecule has 2 atom stereocenters. The lowest BCUT2D eigenvalue weighted by atomic mass is 9.90. The van der Waals surface area contributed by atoms with Crippen LogP contribution >= 0.6 is 0 Å². The fourth-order valence-electron chi connectivity index (χ4n) is 6.36. The molecule has 0 spiro atoms. The maximum atomic E-state index is 14.3. The molecule has 1 aliphatic heterocycles. The van der Waals surface area contributed by atoms with Crippen LogP contribution in [-0.2, 0) is 4.79 Å². The highest BCUT2D eigenvalue weighted by Crippen LogP contribution is 2.50. The standard InChI is InChI=1S/C28H34F4N6O3/c1-26(2)14-38(16-8-10-28(31,32)12-16)23-19(37(3)24(26)40)13-34-25(36-23)35-18-6-5-17(22(33)39)20(21(18)41-4)15-7-9-27(29,30)11-15/h5-6,13,15-16H,7-12,14H2,1-4H3,(H2,33,39)(H,34,35,36)/t15-,16-/m1/s1. The van der Waals surface area contributed by atoms with Gasteiger partial charge in [-0.25, -0.2) is 22.5 Å². The second-order valence-electron chi connectivity index (χ2n) is 11.9. The maximum absolute atomic E-state index is 14.3. The van der Waals surface area contributed by atoms with Crippen LogP contribution in [0.1, 0.15) is 74.2 Å². The Morgan fingerprint density at radius 1 is 1.12 bits per heavy atom. The number of amides is 2. The molecule has 1 aromatic carbocycles. The van der Waals surface area contributed by atoms with Crippen molar-refractivity contribution < 1.29 is 31.9 Å². The van der Waals surface area contributed by atoms with Gasteiger partial charge in [-0.1, -0.05) is 0 Å². The van der Waals surface area contributed by atoms with Crippen LogP contribution < -0.4 is 25.6 Å². The molecule has 41 heavy (non-hydrogen) atoms. The van der Waals surface area contributed by atoms with E-state index < -0.39 is 41.5 Å². The molecular formula is C28H34F4N6O3. The molecule has 1 aromatic heterocycles. The first kappa shape index (κ1) is 28.9. The predicted molar refractivity (Wildman–Crippen MR) is 145 cm³/mol. The topological polar surface area (TPSA) is 114 Å². The Labute approximate surface area is 235 Å². The largest absolute Gasteiger partial charge is 0.494 e. The number of primary amides is 1. The van der Waals surface area contributed by atoms with Gasteiger partial charge < -0.3 is 25.6 Å². The Kier molecular flexibility index (Phi) is 7.06. The molecule has 2 aliphatic carbocycles. The lowest BCUT2D eigenvalue weighted by molar-refractivity contribution is -0.125. The number of aromatic nitrogens is 2. The molecule has 2 aromatic rings. The summed E-state index contributed by atoms with van der Waals surface area (Å²) in [4.78, 5) is 37.7. The third-order valence-electron chi connectivity index (χ3n) is 8.37. The molecule has 3 N–H and O–H groups in total. The summed E-state index contributed by atoms with van der Waals surface area (Å²) in [5, 5.41) is 3.05. The number of hydrogen-bond acceptors (Lipinski definition) is 7. The van der Waals surface area contributed by atoms with Gasteiger partial charge in [0.1, 0.15) is 11.4 Å². The molecule has 0 unspecified atom stereocenters. The second kappa shape index (κ2) is 10.0. The highest BCUT2D eigenvalue weighted by atomic mass is 19.3. The molecule has 2 saturated carbocycles. The number of rotatable bonds is 6. The van der Waals surface area contributed by atoms with Crippen molar-refractivity contribution in [1.29, 1.82) is 0 Å². The summed E-state index contributed by atoms with van der Waals surface area (Å²) in [6, 6.07) is 2.44. The van der Waals surface area contributed by atoms with Crippen LogP contribution in [0, 0.1) is 5.41 Å². The van der Waals surface area contributed by atoms with E-state index in [4.69, 9.17) is 10.5 Å². The van der Waals surface area contributed by atoms with Crippen molar-refractivity contribution in [3.05, 3.63) is 29.5 Å². The first-order valence-corrected chi connectivity index (χ1v) is 13.6. The van der Waals surface area contributed by atoms with Gasteiger partial charge in [0.25, 0.3) is 0 Å². The van der Waals surface area contributed by atoms with Gasteiger partial charge >= 0.3 is 0 Å². The van der Waals surface area contributed by atoms with Crippen molar-refractivity contribution in [2.24, 2.45) is 11.1 Å². The van der Waals surface area contributed by atoms with E-state index in [1.54, 1.807) is 25.8 Å². The molecule has 2 fully saturated rings. The van der Waals surface area contributed by atoms with Crippen LogP contribution in [0.15, 0.2) is 18.3 Å². The fraction of sp³-hybridized carbons (Fsp3) is 0.571. The second-order valence-corrected chi connectivity index (χ2v) is 11.9. The molecule has 0 radical (unpaired) electrons. The normalized spacial score (nSPS) is 24.6. The fourth-order valence-corrected chi connectivity index (χ4v) is 6.36. The Morgan fingerprint density at radius 2 is 1.80 bits per heavy atom. The summed E-state index contributed by atoms with van der Waals surface area (Å²) in [6.45, 7) is 3.71. The van der Waals surface area contributed by atoms with E-state index in [1.165, 1.54) is 30.3 Å². The number of nitrogens with one attached hydrogen (secondary N) is 1. The summed E-state index contributed by atoms with van der Waals surface area (Å²) >= 11 is 0. The Bertz CT molecular complexity index is 1380. The minimum atomic E-state index is -2.87. The number of hydrogen-bond donors (Lipinski definition) is 2. The molecular weight excluding hydrogens is 544 g/mol. The van der Waals surface area contributed by atoms with Crippen LogP contribution in [0.4, 0.5) is 40.7 Å². The van der Waals surface area contributed by atoms with Crippen LogP contribution in [0.2, 0.25) is 0 Å². The predicted octanol–water partition coefficient (Wildman–Crippen LogP) is 5.23. The maximum Gasteiger partial charge on any atom is 0.250 e. The van der Waals surface area contributed by atoms with Gasteiger partial charge in [-0.15, -0.1) is 0 Å². The molecule has 9 nitrogen and oxygen atoms in total. The van der Waals surface area contributed by atoms with Crippen molar-refractivity contribution in [3.8, 4) is 5.75 Å². The average molecular weight is 579 g/mol. The number of anilines is 4. The van der Waals surface area contributed by atoms with E-state index >= 15 is 0 Å². The Hall–Kier alpha value is -3.64. The zero-order valence-corrected chi connectivity index (χ0v) is 23.4. The van der Waals surface area contributed by atoms with Crippen molar-refractivity contribution in [2.75, 3.05) is 35.8 Å². The molecule has 3 aliphatic rings. The number of nitrogens with zero attached hydrogens (tertiary/aromatic N) is 4. The minimum absolute atomic E-state index is 0.0758. The summed E-state index contributed by atoms with van der Waals surface area (Å²) in [6.07, 6.45) is 0.474. The number of nitrogens with two attached hydrogens (primary N) is 1. The molecule has 0 saturated heterocycles. The highest BCUT2D eigenvalue weighted by Gasteiger charge is 2.47. The van der Waals surface area contributed by atoms with E-state index in [0.29, 0.717) is 22.8 Å². The Balaban J connectivity index is 1.57. The summed E-state index contributed by atoms with van der Waals surface area (Å²) in [5.74, 6) is -6.72. The van der Waals surface area contributed by atoms with E-state index in [0.717, 1.165) is 0 Å². The summed E-state index contributed by atoms with van der Waals surface area (Å²) in [5.41, 5.74) is 5.79. The van der Waals surface area contributed by atoms with E-state index in [1.807, 2.05) is 0 Å². The molecule has 222 valence electrons. The average Bonchev–Trinajstić information content (AvgIpc) is 3.44. The van der Waals surface area contributed by atoms with Gasteiger partial charge in [0.05, 0.1) is 24.4 Å². The van der Waals surface area contributed by atoms with Crippen LogP contribution in [0.3, 0.4) is 0 Å². The SMILES string of the molecule is COc1c(Nc2ncc3c(n2)N([C@@H]2CCC(F)(F)C2)CC(C)(C)C(=O)N3C)ccc(C(N)=O)c1[C@@H]1CCC(F)(F)C1. The molecule has 0 bridgehead atoms. The van der Waals surface area contributed by atoms with Gasteiger partial charge in [0.15, 0.2) is 5.82 Å². The quantitative estimate of drug-likeness (QED) is 0.452. The Morgan fingerprint density at radius 3 is 2.39 bits per heavy atom. The number of fused-ring (bicyclic) bond motifs is 1. The number of alkyl halides is 4. The first-order chi connectivity index (χ1) is 19.1. The number of benzene rings is 1. The molecule has 13 heteroatoms. The zero-order valence-electron chi connectivity index (χ0n) is 23.4. The van der Waals surface area contributed by atoms with Crippen molar-refractivity contribution >= 4 is 35.0 Å². The molecule has 2 amide bonds. The van der Waals surface area contributed by atoms with Crippen molar-refractivity contribution in [1.82, 2.24) is 9.97 Å². The van der Waals surface area contributed by atoms with Gasteiger partial charge in [-0.3, -0.25) is 9.59 Å². The number of methoxy groups -OCH3 is 1. The van der Waals surface area contributed by atoms with Crippen molar-refractivity contribution in [3.63, 3.8) is 0 Å². The lowest BCUT2D eigenvalue weighted by Gasteiger charge is -2.34. The number of carbonyl (C=O) groups excluding carboxylic acids is 2. The number of ether oxygens (including phenoxy) is 1. The van der Waals surface area contributed by atoms with E-state index in [2.05, 4.69) is 15.3 Å². The van der Waals surface area contributed by atoms with Crippen LogP contribution in [-0.4, -0.2) is 60.4 Å². The van der Waals surface area contributed by atoms with E-state index in [-0.39, 0.29) is 61.8 Å². The molecule has 2 heterocycles. The first-order valence-electron chi connectivity index (χ1n) is 13.6. The molecule has 5 rings (SSSR count). The van der Waals surface area contributed by atoms with Crippen LogP contribution in [0.25, 0.3) is 0 Å². The zero-order chi connectivity index (χ0) is 29.9. The smallest absolute Gasteiger partial charge is 0.250 e. The van der Waals surface area contributed by atoms with Gasteiger partial charge in [0, 0.05) is 56.4 Å². The minimum Gasteiger partial charge on any atom is -0.494 e. The highest BCUT2D eigenvalue weighted by molar-refractivity contribution is 6.01. The van der Waals surface area contributed by atoms with Crippen LogP contribution in [0.5, 0.6) is 5.75 Å². The van der Waals surface area contributed by atoms with E-state index in [9.17, 15) is 27.2 Å². The third-order valence-corrected chi connectivity index (χ3v) is 8.37. The van der Waals surface area contributed by atoms with Gasteiger partial charge in [-0.05, 0) is 44.7 Å². The third kappa shape index (κ3) is 5.38. The lowest BCUT2D eigenvalue weighted by Crippen LogP contribution is -2.45. The summed E-state index contributed by atoms with van der Waals surface area (Å²) in [7, 11) is 2.96. The van der Waals surface area contributed by atoms with Crippen molar-refractivity contribution in [2.45, 2.75) is 76.2 Å². The van der Waals surface area contributed by atoms with Gasteiger partial charge in [0.2, 0.25) is 29.6 Å². The van der Waals surface area contributed by atoms with Gasteiger partial charge in [-0.2, -0.15) is 4.98 Å². The number of carbonyl (C=O) groups is 2.